The number of rotatable bonds is 2. The first-order valence-corrected chi connectivity index (χ1v) is 6.93. The monoisotopic (exact) mass is 303 g/mol. The lowest BCUT2D eigenvalue weighted by Gasteiger charge is -2.00. The molecule has 2 amide bonds. The Balaban J connectivity index is 1.89. The van der Waals surface area contributed by atoms with Gasteiger partial charge in [-0.1, -0.05) is 12.1 Å². The summed E-state index contributed by atoms with van der Waals surface area (Å²) in [6.07, 6.45) is 1.51. The number of hydrogen-bond acceptors (Lipinski definition) is 4. The lowest BCUT2D eigenvalue weighted by molar-refractivity contribution is -0.121. The van der Waals surface area contributed by atoms with Crippen LogP contribution in [-0.4, -0.2) is 23.1 Å². The molecule has 1 fully saturated rings. The van der Waals surface area contributed by atoms with Crippen molar-refractivity contribution >= 4 is 29.0 Å². The van der Waals surface area contributed by atoms with Gasteiger partial charge in [-0.05, 0) is 36.0 Å². The lowest BCUT2D eigenvalue weighted by atomic mass is 10.2. The zero-order valence-electron chi connectivity index (χ0n) is 11.0. The van der Waals surface area contributed by atoms with Gasteiger partial charge < -0.3 is 4.42 Å². The van der Waals surface area contributed by atoms with E-state index >= 15 is 0 Å². The third kappa shape index (κ3) is 2.62. The molecule has 0 atom stereocenters. The van der Waals surface area contributed by atoms with E-state index in [1.54, 1.807) is 24.3 Å². The molecular weight excluding hydrogens is 293 g/mol. The standard InChI is InChI=1S/C15H10FNO3S/c1-17-14(18)13(21-15(17)19)8-11-5-6-12(20-11)9-3-2-4-10(16)7-9/h2-8H,1H3/b13-8-. The Morgan fingerprint density at radius 3 is 2.71 bits per heavy atom. The number of imide groups is 1. The maximum Gasteiger partial charge on any atom is 0.293 e. The number of halogens is 1. The highest BCUT2D eigenvalue weighted by Crippen LogP contribution is 2.32. The Kier molecular flexibility index (Phi) is 3.39. The fourth-order valence-corrected chi connectivity index (χ4v) is 2.71. The molecule has 21 heavy (non-hydrogen) atoms. The van der Waals surface area contributed by atoms with Gasteiger partial charge >= 0.3 is 0 Å². The molecule has 0 N–H and O–H groups in total. The van der Waals surface area contributed by atoms with Crippen LogP contribution in [0.1, 0.15) is 5.76 Å². The highest BCUT2D eigenvalue weighted by atomic mass is 32.2. The molecule has 1 aliphatic rings. The summed E-state index contributed by atoms with van der Waals surface area (Å²) < 4.78 is 18.7. The molecule has 106 valence electrons. The number of nitrogens with zero attached hydrogens (tertiary/aromatic N) is 1. The van der Waals surface area contributed by atoms with E-state index in [0.29, 0.717) is 22.0 Å². The summed E-state index contributed by atoms with van der Waals surface area (Å²) in [6.45, 7) is 0. The van der Waals surface area contributed by atoms with E-state index in [2.05, 4.69) is 0 Å². The number of benzene rings is 1. The van der Waals surface area contributed by atoms with Crippen LogP contribution in [0.25, 0.3) is 17.4 Å². The van der Waals surface area contributed by atoms with E-state index in [1.807, 2.05) is 0 Å². The summed E-state index contributed by atoms with van der Waals surface area (Å²) >= 11 is 0.863. The Hall–Kier alpha value is -2.34. The van der Waals surface area contributed by atoms with Crippen molar-refractivity contribution in [3.05, 3.63) is 52.9 Å². The largest absolute Gasteiger partial charge is 0.457 e. The molecule has 0 bridgehead atoms. The van der Waals surface area contributed by atoms with Crippen LogP contribution in [0.2, 0.25) is 0 Å². The number of hydrogen-bond donors (Lipinski definition) is 0. The smallest absolute Gasteiger partial charge is 0.293 e. The SMILES string of the molecule is CN1C(=O)S/C(=C\c2ccc(-c3cccc(F)c3)o2)C1=O. The minimum atomic E-state index is -0.353. The molecule has 0 saturated carbocycles. The molecule has 1 aromatic carbocycles. The average molecular weight is 303 g/mol. The number of carbonyl (C=O) groups is 2. The van der Waals surface area contributed by atoms with Crippen LogP contribution in [0.15, 0.2) is 45.7 Å². The molecular formula is C15H10FNO3S. The highest BCUT2D eigenvalue weighted by Gasteiger charge is 2.32. The topological polar surface area (TPSA) is 50.5 Å². The van der Waals surface area contributed by atoms with E-state index in [1.165, 1.54) is 25.3 Å². The lowest BCUT2D eigenvalue weighted by Crippen LogP contribution is -2.22. The molecule has 1 aliphatic heterocycles. The molecule has 0 radical (unpaired) electrons. The van der Waals surface area contributed by atoms with Crippen molar-refractivity contribution in [2.24, 2.45) is 0 Å². The Morgan fingerprint density at radius 2 is 2.05 bits per heavy atom. The van der Waals surface area contributed by atoms with Gasteiger partial charge in [0.2, 0.25) is 0 Å². The van der Waals surface area contributed by atoms with E-state index in [4.69, 9.17) is 4.42 Å². The molecule has 3 rings (SSSR count). The number of amides is 2. The third-order valence-corrected chi connectivity index (χ3v) is 3.96. The molecule has 0 aliphatic carbocycles. The van der Waals surface area contributed by atoms with Gasteiger partial charge in [0.15, 0.2) is 0 Å². The van der Waals surface area contributed by atoms with Crippen molar-refractivity contribution in [3.8, 4) is 11.3 Å². The van der Waals surface area contributed by atoms with Crippen molar-refractivity contribution < 1.29 is 18.4 Å². The van der Waals surface area contributed by atoms with Crippen LogP contribution >= 0.6 is 11.8 Å². The van der Waals surface area contributed by atoms with Gasteiger partial charge in [0.05, 0.1) is 4.91 Å². The summed E-state index contributed by atoms with van der Waals surface area (Å²) in [6, 6.07) is 9.40. The van der Waals surface area contributed by atoms with Crippen LogP contribution in [0.3, 0.4) is 0 Å². The van der Waals surface area contributed by atoms with Gasteiger partial charge in [0.1, 0.15) is 17.3 Å². The van der Waals surface area contributed by atoms with Crippen molar-refractivity contribution in [1.82, 2.24) is 4.90 Å². The molecule has 1 aromatic heterocycles. The first kappa shape index (κ1) is 13.6. The van der Waals surface area contributed by atoms with Gasteiger partial charge in [0, 0.05) is 18.7 Å². The molecule has 2 aromatic rings. The quantitative estimate of drug-likeness (QED) is 0.793. The van der Waals surface area contributed by atoms with E-state index in [0.717, 1.165) is 16.7 Å². The number of thioether (sulfide) groups is 1. The van der Waals surface area contributed by atoms with E-state index in [9.17, 15) is 14.0 Å². The van der Waals surface area contributed by atoms with Crippen molar-refractivity contribution in [1.29, 1.82) is 0 Å². The van der Waals surface area contributed by atoms with Crippen LogP contribution < -0.4 is 0 Å². The Morgan fingerprint density at radius 1 is 1.24 bits per heavy atom. The van der Waals surface area contributed by atoms with Gasteiger partial charge in [-0.15, -0.1) is 0 Å². The predicted molar refractivity (Wildman–Crippen MR) is 77.8 cm³/mol. The number of carbonyl (C=O) groups excluding carboxylic acids is 2. The fourth-order valence-electron chi connectivity index (χ4n) is 1.90. The minimum Gasteiger partial charge on any atom is -0.457 e. The number of furan rings is 1. The third-order valence-electron chi connectivity index (χ3n) is 3.00. The zero-order valence-corrected chi connectivity index (χ0v) is 11.8. The molecule has 2 heterocycles. The summed E-state index contributed by atoms with van der Waals surface area (Å²) in [5.41, 5.74) is 0.609. The van der Waals surface area contributed by atoms with Crippen LogP contribution in [0.4, 0.5) is 9.18 Å². The highest BCUT2D eigenvalue weighted by molar-refractivity contribution is 8.18. The van der Waals surface area contributed by atoms with Gasteiger partial charge in [-0.25, -0.2) is 4.39 Å². The minimum absolute atomic E-state index is 0.308. The predicted octanol–water partition coefficient (Wildman–Crippen LogP) is 3.75. The summed E-state index contributed by atoms with van der Waals surface area (Å²) in [5.74, 6) is 0.232. The zero-order chi connectivity index (χ0) is 15.0. The Labute approximate surface area is 124 Å². The van der Waals surface area contributed by atoms with E-state index < -0.39 is 0 Å². The molecule has 1 saturated heterocycles. The second-order valence-corrected chi connectivity index (χ2v) is 5.45. The van der Waals surface area contributed by atoms with Crippen LogP contribution in [0, 0.1) is 5.82 Å². The molecule has 4 nitrogen and oxygen atoms in total. The first-order chi connectivity index (χ1) is 10.0. The van der Waals surface area contributed by atoms with Gasteiger partial charge in [-0.2, -0.15) is 0 Å². The Bertz CT molecular complexity index is 766. The van der Waals surface area contributed by atoms with Crippen LogP contribution in [-0.2, 0) is 4.79 Å². The van der Waals surface area contributed by atoms with E-state index in [-0.39, 0.29) is 17.0 Å². The van der Waals surface area contributed by atoms with Crippen molar-refractivity contribution in [3.63, 3.8) is 0 Å². The maximum absolute atomic E-state index is 13.2. The normalized spacial score (nSPS) is 17.0. The van der Waals surface area contributed by atoms with Crippen LogP contribution in [0.5, 0.6) is 0 Å². The molecule has 0 unspecified atom stereocenters. The van der Waals surface area contributed by atoms with Crippen molar-refractivity contribution in [2.45, 2.75) is 0 Å². The summed E-state index contributed by atoms with van der Waals surface area (Å²) in [4.78, 5) is 24.5. The maximum atomic E-state index is 13.2. The fraction of sp³-hybridized carbons (Fsp3) is 0.0667. The first-order valence-electron chi connectivity index (χ1n) is 6.12. The summed E-state index contributed by atoms with van der Waals surface area (Å²) in [5, 5.41) is -0.317. The second kappa shape index (κ2) is 5.21. The summed E-state index contributed by atoms with van der Waals surface area (Å²) in [7, 11) is 1.43. The average Bonchev–Trinajstić information content (AvgIpc) is 3.01. The van der Waals surface area contributed by atoms with Gasteiger partial charge in [-0.3, -0.25) is 14.5 Å². The molecule has 6 heteroatoms. The van der Waals surface area contributed by atoms with Gasteiger partial charge in [0.25, 0.3) is 11.1 Å². The molecule has 0 spiro atoms. The number of likely N-dealkylation sites (N-methyl/N-ethyl adjacent to an activating group) is 1. The van der Waals surface area contributed by atoms with Crippen molar-refractivity contribution in [2.75, 3.05) is 7.05 Å². The second-order valence-electron chi connectivity index (χ2n) is 4.45.